The lowest BCUT2D eigenvalue weighted by molar-refractivity contribution is -0.159. The van der Waals surface area contributed by atoms with Crippen LogP contribution in [0.4, 0.5) is 0 Å². The zero-order valence-electron chi connectivity index (χ0n) is 16.6. The maximum Gasteiger partial charge on any atom is 0.329 e. The summed E-state index contributed by atoms with van der Waals surface area (Å²) in [6, 6.07) is -0.544. The van der Waals surface area contributed by atoms with Gasteiger partial charge < -0.3 is 10.1 Å². The number of esters is 1. The van der Waals surface area contributed by atoms with Gasteiger partial charge in [0.2, 0.25) is 5.91 Å². The molecule has 0 rings (SSSR count). The first-order chi connectivity index (χ1) is 11.1. The lowest BCUT2D eigenvalue weighted by atomic mass is 9.97. The normalized spacial score (nSPS) is 14.3. The summed E-state index contributed by atoms with van der Waals surface area (Å²) >= 11 is 1.77. The molecular weight excluding hydrogens is 322 g/mol. The van der Waals surface area contributed by atoms with Crippen LogP contribution in [0.3, 0.4) is 0 Å². The highest BCUT2D eigenvalue weighted by atomic mass is 32.2. The van der Waals surface area contributed by atoms with E-state index in [1.807, 2.05) is 20.8 Å². The monoisotopic (exact) mass is 359 g/mol. The first-order valence-electron chi connectivity index (χ1n) is 9.21. The van der Waals surface area contributed by atoms with Gasteiger partial charge in [-0.2, -0.15) is 11.8 Å². The Labute approximate surface area is 152 Å². The molecule has 142 valence electrons. The predicted octanol–water partition coefficient (Wildman–Crippen LogP) is 4.42. The van der Waals surface area contributed by atoms with Crippen LogP contribution in [0.1, 0.15) is 74.1 Å². The zero-order chi connectivity index (χ0) is 18.8. The van der Waals surface area contributed by atoms with Gasteiger partial charge in [0.25, 0.3) is 0 Å². The third-order valence-corrected chi connectivity index (χ3v) is 4.55. The molecule has 4 nitrogen and oxygen atoms in total. The van der Waals surface area contributed by atoms with Crippen LogP contribution >= 0.6 is 11.8 Å². The van der Waals surface area contributed by atoms with Gasteiger partial charge in [-0.15, -0.1) is 0 Å². The highest BCUT2D eigenvalue weighted by molar-refractivity contribution is 7.99. The number of amides is 1. The van der Waals surface area contributed by atoms with Crippen LogP contribution in [0.5, 0.6) is 0 Å². The maximum absolute atomic E-state index is 12.7. The Kier molecular flexibility index (Phi) is 11.4. The third-order valence-electron chi connectivity index (χ3n) is 3.50. The summed E-state index contributed by atoms with van der Waals surface area (Å²) in [4.78, 5) is 25.1. The molecular formula is C19H37NO3S. The summed E-state index contributed by atoms with van der Waals surface area (Å²) in [5.74, 6) is 1.85. The summed E-state index contributed by atoms with van der Waals surface area (Å²) in [5, 5.41) is 2.96. The minimum Gasteiger partial charge on any atom is -0.458 e. The molecule has 2 atom stereocenters. The number of rotatable bonds is 11. The van der Waals surface area contributed by atoms with Crippen molar-refractivity contribution >= 4 is 23.6 Å². The van der Waals surface area contributed by atoms with Gasteiger partial charge in [-0.05, 0) is 45.3 Å². The Morgan fingerprint density at radius 1 is 1.17 bits per heavy atom. The molecule has 0 radical (unpaired) electrons. The molecule has 0 saturated heterocycles. The van der Waals surface area contributed by atoms with Crippen molar-refractivity contribution in [1.82, 2.24) is 5.32 Å². The topological polar surface area (TPSA) is 55.4 Å². The molecule has 0 aromatic rings. The fraction of sp³-hybridized carbons (Fsp3) is 0.895. The van der Waals surface area contributed by atoms with Crippen LogP contribution in [0.25, 0.3) is 0 Å². The summed E-state index contributed by atoms with van der Waals surface area (Å²) < 4.78 is 5.48. The highest BCUT2D eigenvalue weighted by Crippen LogP contribution is 2.19. The minimum atomic E-state index is -0.544. The average Bonchev–Trinajstić information content (AvgIpc) is 2.45. The van der Waals surface area contributed by atoms with E-state index in [0.717, 1.165) is 30.8 Å². The van der Waals surface area contributed by atoms with Crippen molar-refractivity contribution < 1.29 is 14.3 Å². The number of thioether (sulfide) groups is 1. The molecule has 0 aromatic carbocycles. The number of carbonyl (C=O) groups is 2. The second-order valence-electron chi connectivity index (χ2n) is 7.72. The number of hydrogen-bond acceptors (Lipinski definition) is 4. The lowest BCUT2D eigenvalue weighted by Gasteiger charge is -2.26. The van der Waals surface area contributed by atoms with E-state index in [9.17, 15) is 9.59 Å². The Morgan fingerprint density at radius 2 is 1.79 bits per heavy atom. The second kappa shape index (κ2) is 11.8. The van der Waals surface area contributed by atoms with E-state index < -0.39 is 11.6 Å². The molecule has 0 spiro atoms. The van der Waals surface area contributed by atoms with Gasteiger partial charge in [0.15, 0.2) is 0 Å². The molecule has 1 amide bonds. The molecule has 0 fully saturated rings. The van der Waals surface area contributed by atoms with Gasteiger partial charge >= 0.3 is 5.97 Å². The van der Waals surface area contributed by atoms with E-state index >= 15 is 0 Å². The van der Waals surface area contributed by atoms with Crippen molar-refractivity contribution in [3.05, 3.63) is 0 Å². The quantitative estimate of drug-likeness (QED) is 0.555. The van der Waals surface area contributed by atoms with Crippen molar-refractivity contribution in [3.63, 3.8) is 0 Å². The summed E-state index contributed by atoms with van der Waals surface area (Å²) in [6.45, 7) is 14.0. The Hall–Kier alpha value is -0.710. The van der Waals surface area contributed by atoms with Crippen molar-refractivity contribution in [2.75, 3.05) is 11.5 Å². The van der Waals surface area contributed by atoms with Crippen LogP contribution in [0, 0.1) is 11.8 Å². The summed E-state index contributed by atoms with van der Waals surface area (Å²) in [6.07, 6.45) is 3.35. The second-order valence-corrected chi connectivity index (χ2v) is 9.04. The van der Waals surface area contributed by atoms with E-state index in [1.54, 1.807) is 11.8 Å². The van der Waals surface area contributed by atoms with E-state index in [-0.39, 0.29) is 17.8 Å². The van der Waals surface area contributed by atoms with Gasteiger partial charge in [0, 0.05) is 11.7 Å². The van der Waals surface area contributed by atoms with Crippen molar-refractivity contribution in [2.24, 2.45) is 11.8 Å². The fourth-order valence-electron chi connectivity index (χ4n) is 2.40. The third kappa shape index (κ3) is 11.0. The van der Waals surface area contributed by atoms with E-state index in [1.165, 1.54) is 0 Å². The molecule has 0 aliphatic rings. The Balaban J connectivity index is 4.93. The van der Waals surface area contributed by atoms with E-state index in [0.29, 0.717) is 12.3 Å². The van der Waals surface area contributed by atoms with Crippen LogP contribution < -0.4 is 5.32 Å². The van der Waals surface area contributed by atoms with Crippen LogP contribution in [0.2, 0.25) is 0 Å². The molecule has 0 aromatic heterocycles. The van der Waals surface area contributed by atoms with Gasteiger partial charge in [-0.1, -0.05) is 40.5 Å². The number of nitrogens with one attached hydrogen (secondary N) is 1. The van der Waals surface area contributed by atoms with Gasteiger partial charge in [-0.3, -0.25) is 4.79 Å². The zero-order valence-corrected chi connectivity index (χ0v) is 17.4. The first-order valence-corrected chi connectivity index (χ1v) is 10.4. The van der Waals surface area contributed by atoms with Gasteiger partial charge in [-0.25, -0.2) is 4.79 Å². The molecule has 1 unspecified atom stereocenters. The minimum absolute atomic E-state index is 0.0170. The van der Waals surface area contributed by atoms with Gasteiger partial charge in [0.05, 0.1) is 0 Å². The Bertz CT molecular complexity index is 377. The molecule has 0 bridgehead atoms. The molecule has 0 aliphatic carbocycles. The molecule has 0 heterocycles. The molecule has 0 saturated carbocycles. The van der Waals surface area contributed by atoms with Crippen molar-refractivity contribution in [3.8, 4) is 0 Å². The molecule has 24 heavy (non-hydrogen) atoms. The molecule has 0 aliphatic heterocycles. The van der Waals surface area contributed by atoms with Crippen molar-refractivity contribution in [1.29, 1.82) is 0 Å². The first kappa shape index (κ1) is 23.3. The van der Waals surface area contributed by atoms with Crippen LogP contribution in [0.15, 0.2) is 0 Å². The summed E-state index contributed by atoms with van der Waals surface area (Å²) in [5.41, 5.74) is -0.540. The smallest absolute Gasteiger partial charge is 0.329 e. The molecule has 5 heteroatoms. The highest BCUT2D eigenvalue weighted by Gasteiger charge is 2.29. The number of ether oxygens (including phenoxy) is 1. The number of carbonyl (C=O) groups excluding carboxylic acids is 2. The maximum atomic E-state index is 12.7. The SMILES string of the molecule is CCCC[C@H](NC(=O)C(CSCC)CC(C)C)C(=O)OC(C)(C)C. The predicted molar refractivity (Wildman–Crippen MR) is 103 cm³/mol. The number of hydrogen-bond donors (Lipinski definition) is 1. The fourth-order valence-corrected chi connectivity index (χ4v) is 3.21. The van der Waals surface area contributed by atoms with E-state index in [2.05, 4.69) is 33.0 Å². The average molecular weight is 360 g/mol. The number of unbranched alkanes of at least 4 members (excludes halogenated alkanes) is 1. The van der Waals surface area contributed by atoms with Crippen molar-refractivity contribution in [2.45, 2.75) is 85.8 Å². The van der Waals surface area contributed by atoms with E-state index in [4.69, 9.17) is 4.74 Å². The largest absolute Gasteiger partial charge is 0.458 e. The van der Waals surface area contributed by atoms with Gasteiger partial charge in [0.1, 0.15) is 11.6 Å². The Morgan fingerprint density at radius 3 is 2.25 bits per heavy atom. The molecule has 1 N–H and O–H groups in total. The summed E-state index contributed by atoms with van der Waals surface area (Å²) in [7, 11) is 0. The standard InChI is InChI=1S/C19H37NO3S/c1-8-10-11-16(18(22)23-19(5,6)7)20-17(21)15(12-14(3)4)13-24-9-2/h14-16H,8-13H2,1-7H3,(H,20,21)/t15?,16-/m0/s1. The van der Waals surface area contributed by atoms with Crippen LogP contribution in [-0.2, 0) is 14.3 Å². The lowest BCUT2D eigenvalue weighted by Crippen LogP contribution is -2.46. The van der Waals surface area contributed by atoms with Crippen LogP contribution in [-0.4, -0.2) is 35.0 Å².